The van der Waals surface area contributed by atoms with Crippen molar-refractivity contribution in [3.63, 3.8) is 0 Å². The molecular formula is C14H20N4O. The molecule has 2 rings (SSSR count). The van der Waals surface area contributed by atoms with Gasteiger partial charge < -0.3 is 15.1 Å². The first-order valence-electron chi connectivity index (χ1n) is 6.24. The van der Waals surface area contributed by atoms with Crippen LogP contribution in [-0.2, 0) is 0 Å². The lowest BCUT2D eigenvalue weighted by Crippen LogP contribution is -2.44. The fourth-order valence-electron chi connectivity index (χ4n) is 1.92. The average molecular weight is 260 g/mol. The minimum Gasteiger partial charge on any atom is -0.461 e. The van der Waals surface area contributed by atoms with Gasteiger partial charge in [0.2, 0.25) is 5.95 Å². The summed E-state index contributed by atoms with van der Waals surface area (Å²) in [7, 11) is 1.93. The second-order valence-electron chi connectivity index (χ2n) is 5.53. The number of rotatable bonds is 4. The Morgan fingerprint density at radius 3 is 2.37 bits per heavy atom. The van der Waals surface area contributed by atoms with E-state index in [1.54, 1.807) is 12.4 Å². The largest absolute Gasteiger partial charge is 0.461 e. The Morgan fingerprint density at radius 1 is 1.26 bits per heavy atom. The molecule has 0 amide bonds. The van der Waals surface area contributed by atoms with Crippen LogP contribution in [0.1, 0.15) is 19.6 Å². The highest BCUT2D eigenvalue weighted by molar-refractivity contribution is 5.55. The van der Waals surface area contributed by atoms with Crippen LogP contribution in [0.2, 0.25) is 0 Å². The molecule has 5 nitrogen and oxygen atoms in total. The Balaban J connectivity index is 2.14. The highest BCUT2D eigenvalue weighted by Crippen LogP contribution is 2.21. The maximum Gasteiger partial charge on any atom is 0.225 e. The van der Waals surface area contributed by atoms with Gasteiger partial charge in [-0.15, -0.1) is 0 Å². The standard InChI is InChI=1S/C14H20N4O/c1-10-5-6-12(19-10)11-7-16-13(17-8-11)18(4)9-14(2,3)15/h5-8H,9,15H2,1-4H3. The maximum absolute atomic E-state index is 5.99. The smallest absolute Gasteiger partial charge is 0.225 e. The number of aromatic nitrogens is 2. The van der Waals surface area contributed by atoms with Crippen LogP contribution in [-0.4, -0.2) is 29.1 Å². The molecule has 2 aromatic rings. The second-order valence-corrected chi connectivity index (χ2v) is 5.53. The van der Waals surface area contributed by atoms with E-state index in [4.69, 9.17) is 10.2 Å². The van der Waals surface area contributed by atoms with Crippen LogP contribution in [0.5, 0.6) is 0 Å². The number of nitrogens with zero attached hydrogens (tertiary/aromatic N) is 3. The SMILES string of the molecule is Cc1ccc(-c2cnc(N(C)CC(C)(C)N)nc2)o1. The molecule has 0 aromatic carbocycles. The van der Waals surface area contributed by atoms with Gasteiger partial charge in [0.25, 0.3) is 0 Å². The van der Waals surface area contributed by atoms with Crippen molar-refractivity contribution >= 4 is 5.95 Å². The van der Waals surface area contributed by atoms with Crippen LogP contribution >= 0.6 is 0 Å². The molecule has 0 saturated carbocycles. The van der Waals surface area contributed by atoms with Crippen LogP contribution in [0.25, 0.3) is 11.3 Å². The summed E-state index contributed by atoms with van der Waals surface area (Å²) in [6, 6.07) is 3.84. The first-order valence-corrected chi connectivity index (χ1v) is 6.24. The molecule has 0 aliphatic carbocycles. The highest BCUT2D eigenvalue weighted by Gasteiger charge is 2.16. The van der Waals surface area contributed by atoms with E-state index in [1.165, 1.54) is 0 Å². The second kappa shape index (κ2) is 5.01. The van der Waals surface area contributed by atoms with E-state index in [9.17, 15) is 0 Å². The van der Waals surface area contributed by atoms with Crippen molar-refractivity contribution in [2.45, 2.75) is 26.3 Å². The summed E-state index contributed by atoms with van der Waals surface area (Å²) in [6.07, 6.45) is 3.53. The van der Waals surface area contributed by atoms with Crippen LogP contribution < -0.4 is 10.6 Å². The van der Waals surface area contributed by atoms with Crippen molar-refractivity contribution in [2.75, 3.05) is 18.5 Å². The Hall–Kier alpha value is -1.88. The summed E-state index contributed by atoms with van der Waals surface area (Å²) in [5, 5.41) is 0. The monoisotopic (exact) mass is 260 g/mol. The number of anilines is 1. The average Bonchev–Trinajstić information content (AvgIpc) is 2.74. The molecule has 2 aromatic heterocycles. The van der Waals surface area contributed by atoms with Gasteiger partial charge in [-0.3, -0.25) is 0 Å². The fourth-order valence-corrected chi connectivity index (χ4v) is 1.92. The summed E-state index contributed by atoms with van der Waals surface area (Å²) < 4.78 is 5.54. The predicted molar refractivity (Wildman–Crippen MR) is 76.0 cm³/mol. The molecule has 0 spiro atoms. The molecule has 0 fully saturated rings. The van der Waals surface area contributed by atoms with Crippen molar-refractivity contribution in [1.82, 2.24) is 9.97 Å². The minimum absolute atomic E-state index is 0.283. The van der Waals surface area contributed by atoms with Crippen LogP contribution in [0.4, 0.5) is 5.95 Å². The molecule has 102 valence electrons. The Kier molecular flexibility index (Phi) is 3.57. The number of hydrogen-bond donors (Lipinski definition) is 1. The van der Waals surface area contributed by atoms with Crippen LogP contribution in [0.3, 0.4) is 0 Å². The highest BCUT2D eigenvalue weighted by atomic mass is 16.3. The number of hydrogen-bond acceptors (Lipinski definition) is 5. The molecule has 0 radical (unpaired) electrons. The zero-order valence-electron chi connectivity index (χ0n) is 11.8. The van der Waals surface area contributed by atoms with E-state index in [0.717, 1.165) is 17.1 Å². The van der Waals surface area contributed by atoms with Crippen molar-refractivity contribution in [1.29, 1.82) is 0 Å². The molecular weight excluding hydrogens is 240 g/mol. The van der Waals surface area contributed by atoms with E-state index in [2.05, 4.69) is 9.97 Å². The summed E-state index contributed by atoms with van der Waals surface area (Å²) >= 11 is 0. The lowest BCUT2D eigenvalue weighted by molar-refractivity contribution is 0.515. The third-order valence-electron chi connectivity index (χ3n) is 2.65. The number of likely N-dealkylation sites (N-methyl/N-ethyl adjacent to an activating group) is 1. The van der Waals surface area contributed by atoms with Gasteiger partial charge in [-0.2, -0.15) is 0 Å². The lowest BCUT2D eigenvalue weighted by atomic mass is 10.1. The summed E-state index contributed by atoms with van der Waals surface area (Å²) in [5.74, 6) is 2.32. The molecule has 0 aliphatic heterocycles. The fraction of sp³-hybridized carbons (Fsp3) is 0.429. The number of furan rings is 1. The summed E-state index contributed by atoms with van der Waals surface area (Å²) in [5.41, 5.74) is 6.57. The van der Waals surface area contributed by atoms with E-state index in [0.29, 0.717) is 12.5 Å². The van der Waals surface area contributed by atoms with Crippen molar-refractivity contribution in [3.05, 3.63) is 30.3 Å². The first-order chi connectivity index (χ1) is 8.85. The summed E-state index contributed by atoms with van der Waals surface area (Å²) in [6.45, 7) is 6.55. The molecule has 5 heteroatoms. The van der Waals surface area contributed by atoms with Gasteiger partial charge in [0.1, 0.15) is 11.5 Å². The first kappa shape index (κ1) is 13.5. The quantitative estimate of drug-likeness (QED) is 0.913. The Labute approximate surface area is 113 Å². The molecule has 0 unspecified atom stereocenters. The minimum atomic E-state index is -0.283. The molecule has 2 heterocycles. The summed E-state index contributed by atoms with van der Waals surface area (Å²) in [4.78, 5) is 10.6. The van der Waals surface area contributed by atoms with Crippen molar-refractivity contribution < 1.29 is 4.42 Å². The van der Waals surface area contributed by atoms with Crippen LogP contribution in [0, 0.1) is 6.92 Å². The maximum atomic E-state index is 5.99. The molecule has 0 bridgehead atoms. The number of aryl methyl sites for hydroxylation is 1. The third kappa shape index (κ3) is 3.54. The zero-order chi connectivity index (χ0) is 14.0. The Morgan fingerprint density at radius 2 is 1.89 bits per heavy atom. The normalized spacial score (nSPS) is 11.6. The van der Waals surface area contributed by atoms with Gasteiger partial charge in [0.15, 0.2) is 0 Å². The van der Waals surface area contributed by atoms with E-state index in [1.807, 2.05) is 44.9 Å². The van der Waals surface area contributed by atoms with Gasteiger partial charge in [-0.25, -0.2) is 9.97 Å². The van der Waals surface area contributed by atoms with Gasteiger partial charge in [-0.1, -0.05) is 0 Å². The van der Waals surface area contributed by atoms with Gasteiger partial charge in [0.05, 0.1) is 5.56 Å². The molecule has 0 atom stereocenters. The van der Waals surface area contributed by atoms with Crippen LogP contribution in [0.15, 0.2) is 28.9 Å². The molecule has 2 N–H and O–H groups in total. The van der Waals surface area contributed by atoms with Gasteiger partial charge in [-0.05, 0) is 32.9 Å². The van der Waals surface area contributed by atoms with Gasteiger partial charge >= 0.3 is 0 Å². The molecule has 0 aliphatic rings. The number of nitrogens with two attached hydrogens (primary N) is 1. The van der Waals surface area contributed by atoms with E-state index < -0.39 is 0 Å². The third-order valence-corrected chi connectivity index (χ3v) is 2.65. The predicted octanol–water partition coefficient (Wildman–Crippen LogP) is 2.22. The Bertz CT molecular complexity index is 539. The van der Waals surface area contributed by atoms with Crippen molar-refractivity contribution in [2.24, 2.45) is 5.73 Å². The zero-order valence-corrected chi connectivity index (χ0v) is 11.8. The topological polar surface area (TPSA) is 68.2 Å². The lowest BCUT2D eigenvalue weighted by Gasteiger charge is -2.26. The van der Waals surface area contributed by atoms with E-state index >= 15 is 0 Å². The van der Waals surface area contributed by atoms with E-state index in [-0.39, 0.29) is 5.54 Å². The van der Waals surface area contributed by atoms with Gasteiger partial charge in [0, 0.05) is 31.5 Å². The molecule has 19 heavy (non-hydrogen) atoms. The molecule has 0 saturated heterocycles. The van der Waals surface area contributed by atoms with Crippen molar-refractivity contribution in [3.8, 4) is 11.3 Å².